The summed E-state index contributed by atoms with van der Waals surface area (Å²) in [4.78, 5) is 12.2. The van der Waals surface area contributed by atoms with Gasteiger partial charge in [0.25, 0.3) is 0 Å². The number of carbonyl (C=O) groups excluding carboxylic acids is 1. The third-order valence-electron chi connectivity index (χ3n) is 2.93. The molecule has 0 amide bonds. The fraction of sp³-hybridized carbons (Fsp3) is 0.500. The van der Waals surface area contributed by atoms with Crippen LogP contribution < -0.4 is 0 Å². The summed E-state index contributed by atoms with van der Waals surface area (Å²) < 4.78 is 0. The van der Waals surface area contributed by atoms with Crippen LogP contribution in [0.15, 0.2) is 30.3 Å². The van der Waals surface area contributed by atoms with Crippen LogP contribution in [0.2, 0.25) is 0 Å². The highest BCUT2D eigenvalue weighted by atomic mass is 16.3. The van der Waals surface area contributed by atoms with Crippen molar-refractivity contribution in [3.05, 3.63) is 35.9 Å². The Morgan fingerprint density at radius 3 is 2.25 bits per heavy atom. The molecule has 2 heteroatoms. The smallest absolute Gasteiger partial charge is 0.168 e. The molecule has 0 aromatic heterocycles. The molecule has 0 bridgehead atoms. The molecule has 88 valence electrons. The van der Waals surface area contributed by atoms with E-state index in [0.717, 1.165) is 0 Å². The zero-order chi connectivity index (χ0) is 12.1. The molecular formula is C14H20O2. The van der Waals surface area contributed by atoms with Crippen LogP contribution in [0.5, 0.6) is 0 Å². The predicted octanol–water partition coefficient (Wildman–Crippen LogP) is 2.91. The number of hydrogen-bond acceptors (Lipinski definition) is 2. The maximum absolute atomic E-state index is 12.2. The summed E-state index contributed by atoms with van der Waals surface area (Å²) in [6.45, 7) is 5.81. The Morgan fingerprint density at radius 2 is 1.81 bits per heavy atom. The lowest BCUT2D eigenvalue weighted by molar-refractivity contribution is 0.0493. The minimum atomic E-state index is -0.558. The number of carbonyl (C=O) groups is 1. The van der Waals surface area contributed by atoms with Gasteiger partial charge in [0.2, 0.25) is 0 Å². The summed E-state index contributed by atoms with van der Waals surface area (Å²) in [7, 11) is 0. The fourth-order valence-corrected chi connectivity index (χ4v) is 1.86. The third kappa shape index (κ3) is 2.92. The van der Waals surface area contributed by atoms with E-state index < -0.39 is 6.10 Å². The average Bonchev–Trinajstić information content (AvgIpc) is 2.30. The van der Waals surface area contributed by atoms with Crippen molar-refractivity contribution in [2.45, 2.75) is 33.3 Å². The van der Waals surface area contributed by atoms with Gasteiger partial charge in [0, 0.05) is 11.5 Å². The Kier molecular flexibility index (Phi) is 4.69. The summed E-state index contributed by atoms with van der Waals surface area (Å²) in [5.74, 6) is -0.135. The standard InChI is InChI=1S/C14H20O2/c1-4-12(13(15)10(2)3)14(16)11-8-6-5-7-9-11/h5-10,12-13,15H,4H2,1-3H3/t12-,13+/m0/s1. The van der Waals surface area contributed by atoms with Gasteiger partial charge in [0.15, 0.2) is 5.78 Å². The van der Waals surface area contributed by atoms with E-state index in [9.17, 15) is 9.90 Å². The second kappa shape index (κ2) is 5.80. The van der Waals surface area contributed by atoms with E-state index in [1.807, 2.05) is 39.0 Å². The Morgan fingerprint density at radius 1 is 1.25 bits per heavy atom. The van der Waals surface area contributed by atoms with Gasteiger partial charge in [-0.3, -0.25) is 4.79 Å². The molecule has 16 heavy (non-hydrogen) atoms. The minimum absolute atomic E-state index is 0.0456. The largest absolute Gasteiger partial charge is 0.392 e. The molecule has 0 aliphatic heterocycles. The van der Waals surface area contributed by atoms with E-state index in [0.29, 0.717) is 12.0 Å². The molecule has 0 heterocycles. The first-order valence-electron chi connectivity index (χ1n) is 5.85. The molecule has 2 atom stereocenters. The van der Waals surface area contributed by atoms with Crippen LogP contribution in [0.3, 0.4) is 0 Å². The molecule has 1 rings (SSSR count). The first kappa shape index (κ1) is 12.9. The maximum atomic E-state index is 12.2. The van der Waals surface area contributed by atoms with Crippen molar-refractivity contribution >= 4 is 5.78 Å². The molecule has 0 spiro atoms. The van der Waals surface area contributed by atoms with Crippen molar-refractivity contribution in [3.8, 4) is 0 Å². The lowest BCUT2D eigenvalue weighted by atomic mass is 9.85. The van der Waals surface area contributed by atoms with Gasteiger partial charge >= 0.3 is 0 Å². The number of aliphatic hydroxyl groups excluding tert-OH is 1. The summed E-state index contributed by atoms with van der Waals surface area (Å²) in [6, 6.07) is 9.19. The van der Waals surface area contributed by atoms with E-state index in [2.05, 4.69) is 0 Å². The SMILES string of the molecule is CC[C@H](C(=O)c1ccccc1)[C@H](O)C(C)C. The van der Waals surface area contributed by atoms with Crippen LogP contribution in [0.25, 0.3) is 0 Å². The van der Waals surface area contributed by atoms with Crippen molar-refractivity contribution in [1.29, 1.82) is 0 Å². The van der Waals surface area contributed by atoms with Crippen LogP contribution in [-0.4, -0.2) is 17.0 Å². The zero-order valence-corrected chi connectivity index (χ0v) is 10.2. The Balaban J connectivity index is 2.86. The Labute approximate surface area is 97.3 Å². The minimum Gasteiger partial charge on any atom is -0.392 e. The normalized spacial score (nSPS) is 14.8. The molecular weight excluding hydrogens is 200 g/mol. The quantitative estimate of drug-likeness (QED) is 0.775. The molecule has 0 saturated carbocycles. The van der Waals surface area contributed by atoms with Crippen molar-refractivity contribution < 1.29 is 9.90 Å². The second-order valence-electron chi connectivity index (χ2n) is 4.48. The molecule has 1 N–H and O–H groups in total. The summed E-state index contributed by atoms with van der Waals surface area (Å²) in [5.41, 5.74) is 0.689. The van der Waals surface area contributed by atoms with Crippen LogP contribution in [0.1, 0.15) is 37.6 Å². The third-order valence-corrected chi connectivity index (χ3v) is 2.93. The molecule has 0 aliphatic rings. The van der Waals surface area contributed by atoms with Gasteiger partial charge < -0.3 is 5.11 Å². The van der Waals surface area contributed by atoms with Crippen molar-refractivity contribution in [2.24, 2.45) is 11.8 Å². The second-order valence-corrected chi connectivity index (χ2v) is 4.48. The number of rotatable bonds is 5. The van der Waals surface area contributed by atoms with Gasteiger partial charge in [-0.2, -0.15) is 0 Å². The zero-order valence-electron chi connectivity index (χ0n) is 10.2. The highest BCUT2D eigenvalue weighted by molar-refractivity contribution is 5.98. The van der Waals surface area contributed by atoms with E-state index in [-0.39, 0.29) is 17.6 Å². The number of hydrogen-bond donors (Lipinski definition) is 1. The molecule has 0 fully saturated rings. The topological polar surface area (TPSA) is 37.3 Å². The van der Waals surface area contributed by atoms with Gasteiger partial charge in [-0.05, 0) is 12.3 Å². The number of benzene rings is 1. The van der Waals surface area contributed by atoms with Gasteiger partial charge in [0.05, 0.1) is 6.10 Å². The van der Waals surface area contributed by atoms with Crippen LogP contribution in [0, 0.1) is 11.8 Å². The molecule has 0 unspecified atom stereocenters. The lowest BCUT2D eigenvalue weighted by Crippen LogP contribution is -2.31. The molecule has 0 radical (unpaired) electrons. The highest BCUT2D eigenvalue weighted by Crippen LogP contribution is 2.21. The van der Waals surface area contributed by atoms with Gasteiger partial charge in [-0.1, -0.05) is 51.1 Å². The molecule has 2 nitrogen and oxygen atoms in total. The first-order valence-corrected chi connectivity index (χ1v) is 5.85. The van der Waals surface area contributed by atoms with Crippen molar-refractivity contribution in [1.82, 2.24) is 0 Å². The summed E-state index contributed by atoms with van der Waals surface area (Å²) in [5, 5.41) is 10.00. The van der Waals surface area contributed by atoms with Gasteiger partial charge in [0.1, 0.15) is 0 Å². The van der Waals surface area contributed by atoms with E-state index in [1.54, 1.807) is 12.1 Å². The van der Waals surface area contributed by atoms with E-state index >= 15 is 0 Å². The fourth-order valence-electron chi connectivity index (χ4n) is 1.86. The van der Waals surface area contributed by atoms with Gasteiger partial charge in [-0.15, -0.1) is 0 Å². The van der Waals surface area contributed by atoms with Crippen LogP contribution >= 0.6 is 0 Å². The maximum Gasteiger partial charge on any atom is 0.168 e. The molecule has 0 aliphatic carbocycles. The molecule has 1 aromatic carbocycles. The molecule has 1 aromatic rings. The van der Waals surface area contributed by atoms with Gasteiger partial charge in [-0.25, -0.2) is 0 Å². The number of aliphatic hydroxyl groups is 1. The van der Waals surface area contributed by atoms with Crippen LogP contribution in [0.4, 0.5) is 0 Å². The lowest BCUT2D eigenvalue weighted by Gasteiger charge is -2.23. The Hall–Kier alpha value is -1.15. The monoisotopic (exact) mass is 220 g/mol. The average molecular weight is 220 g/mol. The highest BCUT2D eigenvalue weighted by Gasteiger charge is 2.27. The van der Waals surface area contributed by atoms with E-state index in [4.69, 9.17) is 0 Å². The Bertz CT molecular complexity index is 330. The first-order chi connectivity index (χ1) is 7.57. The summed E-state index contributed by atoms with van der Waals surface area (Å²) in [6.07, 6.45) is 0.116. The predicted molar refractivity (Wildman–Crippen MR) is 65.4 cm³/mol. The molecule has 0 saturated heterocycles. The van der Waals surface area contributed by atoms with Crippen molar-refractivity contribution in [2.75, 3.05) is 0 Å². The van der Waals surface area contributed by atoms with Crippen LogP contribution in [-0.2, 0) is 0 Å². The van der Waals surface area contributed by atoms with Crippen molar-refractivity contribution in [3.63, 3.8) is 0 Å². The number of ketones is 1. The van der Waals surface area contributed by atoms with E-state index in [1.165, 1.54) is 0 Å². The summed E-state index contributed by atoms with van der Waals surface area (Å²) >= 11 is 0. The number of Topliss-reactive ketones (excluding diaryl/α,β-unsaturated/α-hetero) is 1.